The Hall–Kier alpha value is -2.84. The van der Waals surface area contributed by atoms with E-state index in [4.69, 9.17) is 0 Å². The van der Waals surface area contributed by atoms with E-state index < -0.39 is 10.0 Å². The summed E-state index contributed by atoms with van der Waals surface area (Å²) in [6, 6.07) is 14.5. The van der Waals surface area contributed by atoms with Crippen LogP contribution in [0.2, 0.25) is 0 Å². The van der Waals surface area contributed by atoms with Crippen molar-refractivity contribution in [2.24, 2.45) is 0 Å². The molecule has 0 radical (unpaired) electrons. The van der Waals surface area contributed by atoms with E-state index in [1.807, 2.05) is 30.3 Å². The first-order chi connectivity index (χ1) is 12.1. The number of nitrogens with one attached hydrogen (secondary N) is 1. The fraction of sp³-hybridized carbons (Fsp3) is 0. The maximum absolute atomic E-state index is 12.7. The zero-order valence-electron chi connectivity index (χ0n) is 12.8. The Labute approximate surface area is 148 Å². The van der Waals surface area contributed by atoms with Gasteiger partial charge in [0.05, 0.1) is 5.52 Å². The minimum atomic E-state index is -3.82. The van der Waals surface area contributed by atoms with E-state index in [0.29, 0.717) is 11.0 Å². The number of sulfonamides is 1. The molecule has 6 nitrogen and oxygen atoms in total. The molecule has 0 saturated heterocycles. The molecule has 2 aromatic carbocycles. The van der Waals surface area contributed by atoms with Gasteiger partial charge in [0.15, 0.2) is 5.82 Å². The molecule has 0 amide bonds. The Balaban J connectivity index is 1.69. The van der Waals surface area contributed by atoms with Crippen LogP contribution in [-0.4, -0.2) is 23.4 Å². The second kappa shape index (κ2) is 6.23. The first kappa shape index (κ1) is 15.7. The number of rotatable bonds is 4. The van der Waals surface area contributed by atoms with Crippen LogP contribution in [0, 0.1) is 0 Å². The molecule has 4 aromatic rings. The van der Waals surface area contributed by atoms with Gasteiger partial charge in [-0.1, -0.05) is 36.4 Å². The molecule has 0 bridgehead atoms. The highest BCUT2D eigenvalue weighted by atomic mass is 32.2. The Morgan fingerprint density at radius 1 is 0.920 bits per heavy atom. The fourth-order valence-corrected chi connectivity index (χ4v) is 4.40. The highest BCUT2D eigenvalue weighted by Crippen LogP contribution is 2.27. The van der Waals surface area contributed by atoms with E-state index in [0.717, 1.165) is 10.6 Å². The molecule has 0 fully saturated rings. The number of para-hydroxylation sites is 1. The molecule has 0 spiro atoms. The Kier molecular flexibility index (Phi) is 3.90. The van der Waals surface area contributed by atoms with Gasteiger partial charge in [-0.2, -0.15) is 0 Å². The molecule has 8 heteroatoms. The van der Waals surface area contributed by atoms with Crippen LogP contribution in [0.3, 0.4) is 0 Å². The predicted octanol–water partition coefficient (Wildman–Crippen LogP) is 3.55. The van der Waals surface area contributed by atoms with Crippen LogP contribution in [-0.2, 0) is 10.0 Å². The van der Waals surface area contributed by atoms with Gasteiger partial charge in [-0.05, 0) is 12.1 Å². The highest BCUT2D eigenvalue weighted by molar-refractivity contribution is 7.93. The molecular formula is C17H12N4O2S2. The second-order valence-corrected chi connectivity index (χ2v) is 7.70. The summed E-state index contributed by atoms with van der Waals surface area (Å²) in [7, 11) is -3.82. The molecule has 0 aliphatic heterocycles. The van der Waals surface area contributed by atoms with Crippen LogP contribution in [0.15, 0.2) is 71.2 Å². The van der Waals surface area contributed by atoms with E-state index >= 15 is 0 Å². The van der Waals surface area contributed by atoms with Crippen molar-refractivity contribution in [1.29, 1.82) is 0 Å². The molecule has 25 heavy (non-hydrogen) atoms. The maximum atomic E-state index is 12.7. The van der Waals surface area contributed by atoms with E-state index in [-0.39, 0.29) is 10.7 Å². The number of fused-ring (bicyclic) bond motifs is 1. The van der Waals surface area contributed by atoms with Crippen LogP contribution in [0.5, 0.6) is 0 Å². The zero-order chi connectivity index (χ0) is 17.3. The number of thiazole rings is 1. The van der Waals surface area contributed by atoms with Gasteiger partial charge in [-0.15, -0.1) is 11.3 Å². The van der Waals surface area contributed by atoms with Gasteiger partial charge < -0.3 is 0 Å². The normalized spacial score (nSPS) is 11.5. The van der Waals surface area contributed by atoms with Crippen molar-refractivity contribution in [1.82, 2.24) is 15.0 Å². The SMILES string of the molecule is O=S(=O)(Nc1csc(-c2ccccc2)n1)c1cccc2nccnc12. The third-order valence-electron chi connectivity index (χ3n) is 3.52. The minimum Gasteiger partial charge on any atom is -0.263 e. The van der Waals surface area contributed by atoms with Crippen molar-refractivity contribution in [2.45, 2.75) is 4.90 Å². The van der Waals surface area contributed by atoms with Gasteiger partial charge >= 0.3 is 0 Å². The summed E-state index contributed by atoms with van der Waals surface area (Å²) in [6.07, 6.45) is 3.00. The quantitative estimate of drug-likeness (QED) is 0.595. The lowest BCUT2D eigenvalue weighted by molar-refractivity contribution is 0.601. The van der Waals surface area contributed by atoms with Gasteiger partial charge in [0.25, 0.3) is 10.0 Å². The average molecular weight is 368 g/mol. The van der Waals surface area contributed by atoms with Crippen molar-refractivity contribution < 1.29 is 8.42 Å². The summed E-state index contributed by atoms with van der Waals surface area (Å²) in [4.78, 5) is 12.7. The lowest BCUT2D eigenvalue weighted by Gasteiger charge is -2.07. The number of anilines is 1. The van der Waals surface area contributed by atoms with Crippen LogP contribution in [0.1, 0.15) is 0 Å². The first-order valence-electron chi connectivity index (χ1n) is 7.37. The summed E-state index contributed by atoms with van der Waals surface area (Å²) in [5, 5.41) is 2.42. The molecule has 4 rings (SSSR count). The van der Waals surface area contributed by atoms with Crippen LogP contribution in [0.4, 0.5) is 5.82 Å². The molecular weight excluding hydrogens is 356 g/mol. The molecule has 0 aliphatic carbocycles. The van der Waals surface area contributed by atoms with Crippen LogP contribution < -0.4 is 4.72 Å². The molecule has 1 N–H and O–H groups in total. The predicted molar refractivity (Wildman–Crippen MR) is 97.9 cm³/mol. The number of hydrogen-bond acceptors (Lipinski definition) is 6. The summed E-state index contributed by atoms with van der Waals surface area (Å²) in [5.41, 5.74) is 1.79. The van der Waals surface area contributed by atoms with Crippen molar-refractivity contribution in [2.75, 3.05) is 4.72 Å². The van der Waals surface area contributed by atoms with Gasteiger partial charge in [-0.3, -0.25) is 14.7 Å². The third-order valence-corrected chi connectivity index (χ3v) is 5.79. The van der Waals surface area contributed by atoms with Crippen molar-refractivity contribution >= 4 is 38.2 Å². The summed E-state index contributed by atoms with van der Waals surface area (Å²) < 4.78 is 28.0. The topological polar surface area (TPSA) is 84.8 Å². The van der Waals surface area contributed by atoms with Crippen molar-refractivity contribution in [3.05, 3.63) is 66.3 Å². The number of hydrogen-bond donors (Lipinski definition) is 1. The third kappa shape index (κ3) is 3.09. The van der Waals surface area contributed by atoms with Crippen molar-refractivity contribution in [3.8, 4) is 10.6 Å². The summed E-state index contributed by atoms with van der Waals surface area (Å²) in [6.45, 7) is 0. The van der Waals surface area contributed by atoms with Crippen molar-refractivity contribution in [3.63, 3.8) is 0 Å². The van der Waals surface area contributed by atoms with Gasteiger partial charge in [0.1, 0.15) is 15.4 Å². The highest BCUT2D eigenvalue weighted by Gasteiger charge is 2.20. The van der Waals surface area contributed by atoms with Gasteiger partial charge in [0, 0.05) is 23.3 Å². The van der Waals surface area contributed by atoms with E-state index in [1.165, 1.54) is 29.8 Å². The minimum absolute atomic E-state index is 0.0763. The number of benzene rings is 2. The van der Waals surface area contributed by atoms with Crippen LogP contribution >= 0.6 is 11.3 Å². The summed E-state index contributed by atoms with van der Waals surface area (Å²) in [5.74, 6) is 0.282. The number of aromatic nitrogens is 3. The van der Waals surface area contributed by atoms with E-state index in [1.54, 1.807) is 17.5 Å². The largest absolute Gasteiger partial charge is 0.265 e. The molecule has 0 saturated carbocycles. The van der Waals surface area contributed by atoms with Gasteiger partial charge in [0.2, 0.25) is 0 Å². The summed E-state index contributed by atoms with van der Waals surface area (Å²) >= 11 is 1.38. The van der Waals surface area contributed by atoms with E-state index in [2.05, 4.69) is 19.7 Å². The standard InChI is InChI=1S/C17H12N4O2S2/c22-25(23,14-8-4-7-13-16(14)19-10-9-18-13)21-15-11-24-17(20-15)12-5-2-1-3-6-12/h1-11,21H. The maximum Gasteiger partial charge on any atom is 0.265 e. The molecule has 2 heterocycles. The van der Waals surface area contributed by atoms with E-state index in [9.17, 15) is 8.42 Å². The number of nitrogens with zero attached hydrogens (tertiary/aromatic N) is 3. The smallest absolute Gasteiger partial charge is 0.263 e. The van der Waals surface area contributed by atoms with Gasteiger partial charge in [-0.25, -0.2) is 13.4 Å². The second-order valence-electron chi connectivity index (χ2n) is 5.19. The lowest BCUT2D eigenvalue weighted by Crippen LogP contribution is -2.14. The monoisotopic (exact) mass is 368 g/mol. The zero-order valence-corrected chi connectivity index (χ0v) is 14.5. The molecule has 0 atom stereocenters. The lowest BCUT2D eigenvalue weighted by atomic mass is 10.2. The first-order valence-corrected chi connectivity index (χ1v) is 9.73. The Bertz CT molecular complexity index is 1140. The molecule has 124 valence electrons. The molecule has 2 aromatic heterocycles. The fourth-order valence-electron chi connectivity index (χ4n) is 2.41. The Morgan fingerprint density at radius 3 is 2.56 bits per heavy atom. The van der Waals surface area contributed by atoms with Crippen LogP contribution in [0.25, 0.3) is 21.6 Å². The Morgan fingerprint density at radius 2 is 1.72 bits per heavy atom. The average Bonchev–Trinajstić information content (AvgIpc) is 3.10. The molecule has 0 unspecified atom stereocenters. The molecule has 0 aliphatic rings.